The van der Waals surface area contributed by atoms with Gasteiger partial charge < -0.3 is 15.4 Å². The third-order valence-corrected chi connectivity index (χ3v) is 8.37. The fourth-order valence-corrected chi connectivity index (χ4v) is 5.92. The van der Waals surface area contributed by atoms with Gasteiger partial charge in [-0.25, -0.2) is 9.97 Å². The van der Waals surface area contributed by atoms with E-state index in [-0.39, 0.29) is 0 Å². The van der Waals surface area contributed by atoms with Crippen LogP contribution in [0.15, 0.2) is 96.2 Å². The number of rotatable bonds is 8. The molecule has 0 unspecified atom stereocenters. The van der Waals surface area contributed by atoms with E-state index >= 15 is 0 Å². The van der Waals surface area contributed by atoms with Crippen LogP contribution in [0.4, 0.5) is 22.9 Å². The summed E-state index contributed by atoms with van der Waals surface area (Å²) in [5, 5.41) is 10.9. The normalized spacial score (nSPS) is 13.9. The SMILES string of the molecule is Nc1ccc(SNc2ncnc3cc(N4CCN(Cc5ccccc5-c5ccc(Cl)cc5)CC4)ccc23)cc1NO. The van der Waals surface area contributed by atoms with Gasteiger partial charge in [-0.3, -0.25) is 15.6 Å². The van der Waals surface area contributed by atoms with Crippen molar-refractivity contribution >= 4 is 57.3 Å². The lowest BCUT2D eigenvalue weighted by Crippen LogP contribution is -2.46. The van der Waals surface area contributed by atoms with E-state index in [1.54, 1.807) is 18.5 Å². The number of hydrogen-bond donors (Lipinski definition) is 4. The topological polar surface area (TPSA) is 103 Å². The van der Waals surface area contributed by atoms with E-state index in [4.69, 9.17) is 17.3 Å². The smallest absolute Gasteiger partial charge is 0.147 e. The van der Waals surface area contributed by atoms with Gasteiger partial charge >= 0.3 is 0 Å². The molecular weight excluding hydrogens is 554 g/mol. The van der Waals surface area contributed by atoms with Crippen molar-refractivity contribution in [2.75, 3.05) is 47.0 Å². The molecule has 6 rings (SSSR count). The van der Waals surface area contributed by atoms with Gasteiger partial charge in [-0.2, -0.15) is 0 Å². The van der Waals surface area contributed by atoms with Crippen molar-refractivity contribution in [2.45, 2.75) is 11.4 Å². The molecule has 5 aromatic rings. The molecule has 0 bridgehead atoms. The molecule has 10 heteroatoms. The highest BCUT2D eigenvalue weighted by Crippen LogP contribution is 2.31. The molecule has 8 nitrogen and oxygen atoms in total. The third kappa shape index (κ3) is 6.18. The van der Waals surface area contributed by atoms with E-state index in [0.29, 0.717) is 11.4 Å². The summed E-state index contributed by atoms with van der Waals surface area (Å²) < 4.78 is 3.31. The van der Waals surface area contributed by atoms with Crippen molar-refractivity contribution in [1.82, 2.24) is 14.9 Å². The maximum Gasteiger partial charge on any atom is 0.147 e. The van der Waals surface area contributed by atoms with Gasteiger partial charge in [0.25, 0.3) is 0 Å². The zero-order valence-electron chi connectivity index (χ0n) is 22.3. The fourth-order valence-electron chi connectivity index (χ4n) is 5.10. The van der Waals surface area contributed by atoms with Crippen LogP contribution >= 0.6 is 23.5 Å². The second-order valence-electron chi connectivity index (χ2n) is 9.92. The summed E-state index contributed by atoms with van der Waals surface area (Å²) >= 11 is 7.50. The second-order valence-corrected chi connectivity index (χ2v) is 11.2. The number of hydrogen-bond acceptors (Lipinski definition) is 9. The van der Waals surface area contributed by atoms with Crippen molar-refractivity contribution in [3.05, 3.63) is 102 Å². The average Bonchev–Trinajstić information content (AvgIpc) is 3.01. The first kappa shape index (κ1) is 27.2. The van der Waals surface area contributed by atoms with E-state index in [0.717, 1.165) is 65.1 Å². The standard InChI is InChI=1S/C31H30ClN7OS/c32-23-7-5-21(6-8-23)26-4-2-1-3-22(26)19-38-13-15-39(16-14-38)24-9-11-27-29(17-24)34-20-35-31(27)37-41-25-10-12-28(33)30(18-25)36-40/h1-12,17-18,20,36,40H,13-16,19,33H2,(H,34,35,37). The highest BCUT2D eigenvalue weighted by Gasteiger charge is 2.19. The van der Waals surface area contributed by atoms with Gasteiger partial charge in [0.05, 0.1) is 16.9 Å². The van der Waals surface area contributed by atoms with Crippen LogP contribution in [-0.4, -0.2) is 46.3 Å². The van der Waals surface area contributed by atoms with E-state index in [1.165, 1.54) is 28.6 Å². The molecule has 0 atom stereocenters. The second kappa shape index (κ2) is 12.2. The first-order valence-electron chi connectivity index (χ1n) is 13.4. The Bertz CT molecular complexity index is 1660. The molecule has 5 N–H and O–H groups in total. The van der Waals surface area contributed by atoms with Gasteiger partial charge in [-0.1, -0.05) is 48.0 Å². The monoisotopic (exact) mass is 583 g/mol. The number of nitrogens with one attached hydrogen (secondary N) is 2. The number of aromatic nitrogens is 2. The molecule has 1 aliphatic heterocycles. The van der Waals surface area contributed by atoms with Crippen LogP contribution in [0.1, 0.15) is 5.56 Å². The predicted octanol–water partition coefficient (Wildman–Crippen LogP) is 6.77. The molecule has 1 fully saturated rings. The third-order valence-electron chi connectivity index (χ3n) is 7.33. The minimum Gasteiger partial charge on any atom is -0.397 e. The number of benzene rings is 4. The minimum absolute atomic E-state index is 0.458. The van der Waals surface area contributed by atoms with Crippen LogP contribution in [0.5, 0.6) is 0 Å². The summed E-state index contributed by atoms with van der Waals surface area (Å²) in [6.07, 6.45) is 1.58. The lowest BCUT2D eigenvalue weighted by Gasteiger charge is -2.36. The van der Waals surface area contributed by atoms with Crippen LogP contribution in [0.2, 0.25) is 5.02 Å². The fraction of sp³-hybridized carbons (Fsp3) is 0.161. The van der Waals surface area contributed by atoms with E-state index in [9.17, 15) is 5.21 Å². The first-order chi connectivity index (χ1) is 20.1. The lowest BCUT2D eigenvalue weighted by molar-refractivity contribution is 0.250. The quantitative estimate of drug-likeness (QED) is 0.0894. The summed E-state index contributed by atoms with van der Waals surface area (Å²) in [7, 11) is 0. The summed E-state index contributed by atoms with van der Waals surface area (Å²) in [5.74, 6) is 0.728. The number of nitrogens with two attached hydrogens (primary N) is 1. The lowest BCUT2D eigenvalue weighted by atomic mass is 9.99. The van der Waals surface area contributed by atoms with Crippen molar-refractivity contribution in [3.8, 4) is 11.1 Å². The summed E-state index contributed by atoms with van der Waals surface area (Å²) in [6.45, 7) is 4.76. The van der Waals surface area contributed by atoms with Gasteiger partial charge in [-0.15, -0.1) is 0 Å². The van der Waals surface area contributed by atoms with Crippen LogP contribution < -0.4 is 20.8 Å². The molecule has 41 heavy (non-hydrogen) atoms. The average molecular weight is 584 g/mol. The summed E-state index contributed by atoms with van der Waals surface area (Å²) in [4.78, 5) is 14.8. The minimum atomic E-state index is 0.458. The zero-order valence-corrected chi connectivity index (χ0v) is 23.9. The van der Waals surface area contributed by atoms with Gasteiger partial charge in [0.15, 0.2) is 0 Å². The number of halogens is 1. The van der Waals surface area contributed by atoms with Crippen LogP contribution in [-0.2, 0) is 6.54 Å². The summed E-state index contributed by atoms with van der Waals surface area (Å²) in [6, 6.07) is 28.4. The van der Waals surface area contributed by atoms with Gasteiger partial charge in [-0.05, 0) is 77.2 Å². The van der Waals surface area contributed by atoms with Gasteiger partial charge in [0.1, 0.15) is 12.1 Å². The summed E-state index contributed by atoms with van der Waals surface area (Å²) in [5.41, 5.74) is 14.7. The van der Waals surface area contributed by atoms with E-state index in [2.05, 4.69) is 84.6 Å². The molecular formula is C31H30ClN7OS. The zero-order chi connectivity index (χ0) is 28.2. The van der Waals surface area contributed by atoms with E-state index in [1.807, 2.05) is 18.2 Å². The Morgan fingerprint density at radius 1 is 0.902 bits per heavy atom. The Balaban J connectivity index is 1.11. The Hall–Kier alpha value is -4.02. The molecule has 0 spiro atoms. The Labute approximate surface area is 248 Å². The molecule has 208 valence electrons. The maximum atomic E-state index is 9.25. The predicted molar refractivity (Wildman–Crippen MR) is 170 cm³/mol. The maximum absolute atomic E-state index is 9.25. The number of nitrogens with zero attached hydrogens (tertiary/aromatic N) is 4. The highest BCUT2D eigenvalue weighted by atomic mass is 35.5. The van der Waals surface area contributed by atoms with Crippen molar-refractivity contribution in [1.29, 1.82) is 0 Å². The Morgan fingerprint density at radius 3 is 2.51 bits per heavy atom. The molecule has 4 aromatic carbocycles. The first-order valence-corrected chi connectivity index (χ1v) is 14.6. The molecule has 1 aliphatic rings. The Morgan fingerprint density at radius 2 is 1.71 bits per heavy atom. The molecule has 0 amide bonds. The molecule has 0 radical (unpaired) electrons. The van der Waals surface area contributed by atoms with Gasteiger partial charge in [0.2, 0.25) is 0 Å². The van der Waals surface area contributed by atoms with E-state index < -0.39 is 0 Å². The number of piperazine rings is 1. The molecule has 0 saturated carbocycles. The highest BCUT2D eigenvalue weighted by molar-refractivity contribution is 8.00. The molecule has 2 heterocycles. The molecule has 1 saturated heterocycles. The van der Waals surface area contributed by atoms with Crippen molar-refractivity contribution in [2.24, 2.45) is 0 Å². The number of anilines is 4. The number of fused-ring (bicyclic) bond motifs is 1. The number of nitrogen functional groups attached to an aromatic ring is 1. The van der Waals surface area contributed by atoms with Crippen LogP contribution in [0.25, 0.3) is 22.0 Å². The molecule has 1 aromatic heterocycles. The van der Waals surface area contributed by atoms with Crippen molar-refractivity contribution < 1.29 is 5.21 Å². The van der Waals surface area contributed by atoms with Crippen LogP contribution in [0, 0.1) is 0 Å². The largest absolute Gasteiger partial charge is 0.397 e. The van der Waals surface area contributed by atoms with Gasteiger partial charge in [0, 0.05) is 53.7 Å². The van der Waals surface area contributed by atoms with Crippen molar-refractivity contribution in [3.63, 3.8) is 0 Å². The molecule has 0 aliphatic carbocycles. The van der Waals surface area contributed by atoms with Crippen LogP contribution in [0.3, 0.4) is 0 Å². The Kier molecular flexibility index (Phi) is 8.11.